The van der Waals surface area contributed by atoms with Gasteiger partial charge in [0.1, 0.15) is 5.82 Å². The summed E-state index contributed by atoms with van der Waals surface area (Å²) < 4.78 is 0. The molecule has 0 radical (unpaired) electrons. The molecule has 0 unspecified atom stereocenters. The molecule has 0 aliphatic heterocycles. The lowest BCUT2D eigenvalue weighted by atomic mass is 9.96. The first kappa shape index (κ1) is 16.1. The van der Waals surface area contributed by atoms with Crippen LogP contribution in [0.5, 0.6) is 0 Å². The van der Waals surface area contributed by atoms with E-state index in [4.69, 9.17) is 11.6 Å². The van der Waals surface area contributed by atoms with E-state index in [2.05, 4.69) is 20.6 Å². The van der Waals surface area contributed by atoms with Crippen molar-refractivity contribution in [2.45, 2.75) is 51.6 Å². The summed E-state index contributed by atoms with van der Waals surface area (Å²) in [7, 11) is 0. The molecule has 0 spiro atoms. The predicted octanol–water partition coefficient (Wildman–Crippen LogP) is 4.80. The van der Waals surface area contributed by atoms with Crippen molar-refractivity contribution in [1.29, 1.82) is 0 Å². The number of halogens is 1. The summed E-state index contributed by atoms with van der Waals surface area (Å²) in [5.74, 6) is 1.55. The fourth-order valence-corrected chi connectivity index (χ4v) is 3.18. The van der Waals surface area contributed by atoms with Crippen LogP contribution >= 0.6 is 11.6 Å². The normalized spacial score (nSPS) is 15.4. The molecule has 2 aromatic rings. The highest BCUT2D eigenvalue weighted by Gasteiger charge is 2.14. The van der Waals surface area contributed by atoms with Gasteiger partial charge in [-0.3, -0.25) is 0 Å². The van der Waals surface area contributed by atoms with Gasteiger partial charge in [-0.15, -0.1) is 0 Å². The molecular formula is C18H23ClN4. The zero-order valence-electron chi connectivity index (χ0n) is 13.5. The van der Waals surface area contributed by atoms with Gasteiger partial charge in [-0.1, -0.05) is 49.1 Å². The second-order valence-electron chi connectivity index (χ2n) is 6.14. The SMILES string of the molecule is Cc1cc(NCc2ccccc2Cl)nc(NC2CCCCC2)n1. The van der Waals surface area contributed by atoms with Crippen LogP contribution < -0.4 is 10.6 Å². The van der Waals surface area contributed by atoms with Crippen molar-refractivity contribution in [1.82, 2.24) is 9.97 Å². The smallest absolute Gasteiger partial charge is 0.225 e. The lowest BCUT2D eigenvalue weighted by molar-refractivity contribution is 0.461. The van der Waals surface area contributed by atoms with E-state index in [9.17, 15) is 0 Å². The molecule has 0 saturated heterocycles. The molecule has 3 rings (SSSR count). The van der Waals surface area contributed by atoms with Crippen molar-refractivity contribution >= 4 is 23.4 Å². The molecule has 5 heteroatoms. The average molecular weight is 331 g/mol. The molecule has 1 aromatic heterocycles. The third kappa shape index (κ3) is 4.58. The first-order valence-corrected chi connectivity index (χ1v) is 8.68. The Morgan fingerprint density at radius 1 is 1.13 bits per heavy atom. The lowest BCUT2D eigenvalue weighted by Crippen LogP contribution is -2.23. The Kier molecular flexibility index (Phi) is 5.34. The van der Waals surface area contributed by atoms with Gasteiger partial charge in [-0.25, -0.2) is 4.98 Å². The van der Waals surface area contributed by atoms with E-state index in [0.717, 1.165) is 28.0 Å². The van der Waals surface area contributed by atoms with Gasteiger partial charge >= 0.3 is 0 Å². The van der Waals surface area contributed by atoms with Gasteiger partial charge in [0.15, 0.2) is 0 Å². The number of benzene rings is 1. The van der Waals surface area contributed by atoms with Crippen LogP contribution in [-0.4, -0.2) is 16.0 Å². The third-order valence-corrected chi connectivity index (χ3v) is 4.58. The van der Waals surface area contributed by atoms with Gasteiger partial charge in [0, 0.05) is 29.4 Å². The molecule has 23 heavy (non-hydrogen) atoms. The van der Waals surface area contributed by atoms with E-state index in [1.54, 1.807) is 0 Å². The van der Waals surface area contributed by atoms with Crippen LogP contribution in [0.1, 0.15) is 43.4 Å². The van der Waals surface area contributed by atoms with Crippen LogP contribution in [0.25, 0.3) is 0 Å². The fourth-order valence-electron chi connectivity index (χ4n) is 2.98. The highest BCUT2D eigenvalue weighted by Crippen LogP contribution is 2.21. The molecule has 1 aliphatic rings. The summed E-state index contributed by atoms with van der Waals surface area (Å²) in [5, 5.41) is 7.60. The highest BCUT2D eigenvalue weighted by atomic mass is 35.5. The molecule has 1 saturated carbocycles. The van der Waals surface area contributed by atoms with Crippen LogP contribution in [-0.2, 0) is 6.54 Å². The maximum absolute atomic E-state index is 6.20. The number of aryl methyl sites for hydroxylation is 1. The van der Waals surface area contributed by atoms with Crippen molar-refractivity contribution in [3.63, 3.8) is 0 Å². The third-order valence-electron chi connectivity index (χ3n) is 4.21. The number of hydrogen-bond acceptors (Lipinski definition) is 4. The van der Waals surface area contributed by atoms with Crippen molar-refractivity contribution in [3.8, 4) is 0 Å². The van der Waals surface area contributed by atoms with E-state index in [1.807, 2.05) is 37.3 Å². The second kappa shape index (κ2) is 7.64. The van der Waals surface area contributed by atoms with Crippen molar-refractivity contribution in [2.75, 3.05) is 10.6 Å². The van der Waals surface area contributed by atoms with Crippen LogP contribution in [0.2, 0.25) is 5.02 Å². The molecule has 0 amide bonds. The van der Waals surface area contributed by atoms with Gasteiger partial charge in [0.05, 0.1) is 0 Å². The number of hydrogen-bond donors (Lipinski definition) is 2. The zero-order chi connectivity index (χ0) is 16.1. The van der Waals surface area contributed by atoms with E-state index in [1.165, 1.54) is 32.1 Å². The molecule has 0 bridgehead atoms. The Morgan fingerprint density at radius 2 is 1.91 bits per heavy atom. The van der Waals surface area contributed by atoms with Crippen molar-refractivity contribution in [2.24, 2.45) is 0 Å². The molecule has 4 nitrogen and oxygen atoms in total. The molecular weight excluding hydrogens is 308 g/mol. The Bertz CT molecular complexity index is 653. The fraction of sp³-hybridized carbons (Fsp3) is 0.444. The lowest BCUT2D eigenvalue weighted by Gasteiger charge is -2.23. The molecule has 2 N–H and O–H groups in total. The van der Waals surface area contributed by atoms with Gasteiger partial charge in [-0.2, -0.15) is 4.98 Å². The van der Waals surface area contributed by atoms with Crippen LogP contribution in [0.15, 0.2) is 30.3 Å². The summed E-state index contributed by atoms with van der Waals surface area (Å²) in [5.41, 5.74) is 2.02. The maximum Gasteiger partial charge on any atom is 0.225 e. The molecule has 1 heterocycles. The monoisotopic (exact) mass is 330 g/mol. The molecule has 1 aliphatic carbocycles. The number of anilines is 2. The minimum absolute atomic E-state index is 0.502. The number of nitrogens with zero attached hydrogens (tertiary/aromatic N) is 2. The molecule has 0 atom stereocenters. The summed E-state index contributed by atoms with van der Waals surface area (Å²) in [4.78, 5) is 9.11. The van der Waals surface area contributed by atoms with Gasteiger partial charge in [-0.05, 0) is 31.4 Å². The highest BCUT2D eigenvalue weighted by molar-refractivity contribution is 6.31. The second-order valence-corrected chi connectivity index (χ2v) is 6.55. The molecule has 1 aromatic carbocycles. The maximum atomic E-state index is 6.20. The number of rotatable bonds is 5. The topological polar surface area (TPSA) is 49.8 Å². The largest absolute Gasteiger partial charge is 0.366 e. The Hall–Kier alpha value is -1.81. The Balaban J connectivity index is 1.66. The minimum Gasteiger partial charge on any atom is -0.366 e. The quantitative estimate of drug-likeness (QED) is 0.827. The van der Waals surface area contributed by atoms with Crippen molar-refractivity contribution < 1.29 is 0 Å². The van der Waals surface area contributed by atoms with E-state index >= 15 is 0 Å². The van der Waals surface area contributed by atoms with E-state index in [0.29, 0.717) is 12.6 Å². The van der Waals surface area contributed by atoms with Gasteiger partial charge < -0.3 is 10.6 Å². The molecule has 122 valence electrons. The van der Waals surface area contributed by atoms with Crippen LogP contribution in [0, 0.1) is 6.92 Å². The standard InChI is InChI=1S/C18H23ClN4/c1-13-11-17(20-12-14-7-5-6-10-16(14)19)23-18(21-13)22-15-8-3-2-4-9-15/h5-7,10-11,15H,2-4,8-9,12H2,1H3,(H2,20,21,22,23). The van der Waals surface area contributed by atoms with Gasteiger partial charge in [0.2, 0.25) is 5.95 Å². The van der Waals surface area contributed by atoms with Gasteiger partial charge in [0.25, 0.3) is 0 Å². The Morgan fingerprint density at radius 3 is 2.70 bits per heavy atom. The minimum atomic E-state index is 0.502. The summed E-state index contributed by atoms with van der Waals surface area (Å²) in [6.07, 6.45) is 6.35. The van der Waals surface area contributed by atoms with Crippen LogP contribution in [0.4, 0.5) is 11.8 Å². The zero-order valence-corrected chi connectivity index (χ0v) is 14.2. The predicted molar refractivity (Wildman–Crippen MR) is 96.0 cm³/mol. The summed E-state index contributed by atoms with van der Waals surface area (Å²) >= 11 is 6.20. The number of nitrogens with one attached hydrogen (secondary N) is 2. The van der Waals surface area contributed by atoms with Crippen molar-refractivity contribution in [3.05, 3.63) is 46.6 Å². The number of aromatic nitrogens is 2. The first-order valence-electron chi connectivity index (χ1n) is 8.30. The summed E-state index contributed by atoms with van der Waals surface area (Å²) in [6, 6.07) is 10.3. The van der Waals surface area contributed by atoms with Crippen LogP contribution in [0.3, 0.4) is 0 Å². The van der Waals surface area contributed by atoms with E-state index in [-0.39, 0.29) is 0 Å². The molecule has 1 fully saturated rings. The Labute approximate surface area is 142 Å². The average Bonchev–Trinajstić information content (AvgIpc) is 2.54. The first-order chi connectivity index (χ1) is 11.2. The van der Waals surface area contributed by atoms with E-state index < -0.39 is 0 Å². The summed E-state index contributed by atoms with van der Waals surface area (Å²) in [6.45, 7) is 2.65.